The molecule has 9 nitrogen and oxygen atoms in total. The number of fused-ring (bicyclic) bond motifs is 1. The van der Waals surface area contributed by atoms with Crippen LogP contribution in [0.15, 0.2) is 30.7 Å². The Hall–Kier alpha value is -2.94. The van der Waals surface area contributed by atoms with Crippen molar-refractivity contribution in [1.82, 2.24) is 29.7 Å². The van der Waals surface area contributed by atoms with Crippen molar-refractivity contribution >= 4 is 34.8 Å². The summed E-state index contributed by atoms with van der Waals surface area (Å²) < 4.78 is 1.68. The lowest BCUT2D eigenvalue weighted by molar-refractivity contribution is 0.0724. The fraction of sp³-hybridized carbons (Fsp3) is 0.450. The van der Waals surface area contributed by atoms with E-state index in [0.717, 1.165) is 69.4 Å². The molecule has 2 aliphatic rings. The van der Waals surface area contributed by atoms with Gasteiger partial charge in [0.2, 0.25) is 0 Å². The number of nitrogens with zero attached hydrogens (tertiary/aromatic N) is 8. The second kappa shape index (κ2) is 8.06. The van der Waals surface area contributed by atoms with Crippen molar-refractivity contribution in [2.45, 2.75) is 19.3 Å². The monoisotopic (exact) mass is 426 g/mol. The normalized spacial score (nSPS) is 17.6. The number of aromatic nitrogens is 5. The molecule has 2 saturated heterocycles. The number of carbonyl (C=O) groups excluding carboxylic acids is 1. The number of piperidine rings is 1. The fourth-order valence-corrected chi connectivity index (χ4v) is 4.38. The molecule has 1 amide bonds. The Morgan fingerprint density at radius 2 is 1.73 bits per heavy atom. The van der Waals surface area contributed by atoms with E-state index in [4.69, 9.17) is 11.6 Å². The number of piperazine rings is 1. The molecule has 5 heterocycles. The molecule has 3 aromatic rings. The van der Waals surface area contributed by atoms with Crippen LogP contribution in [0.4, 0.5) is 11.6 Å². The molecule has 0 N–H and O–H groups in total. The van der Waals surface area contributed by atoms with Gasteiger partial charge in [-0.2, -0.15) is 4.52 Å². The number of anilines is 2. The molecule has 5 rings (SSSR count). The van der Waals surface area contributed by atoms with Crippen LogP contribution in [0.2, 0.25) is 5.02 Å². The topological polar surface area (TPSA) is 82.8 Å². The third-order valence-corrected chi connectivity index (χ3v) is 6.04. The van der Waals surface area contributed by atoms with Gasteiger partial charge in [0.1, 0.15) is 18.0 Å². The molecule has 10 heteroatoms. The summed E-state index contributed by atoms with van der Waals surface area (Å²) >= 11 is 6.53. The Labute approximate surface area is 179 Å². The van der Waals surface area contributed by atoms with E-state index in [9.17, 15) is 4.79 Å². The van der Waals surface area contributed by atoms with E-state index in [1.807, 2.05) is 17.0 Å². The molecule has 3 aromatic heterocycles. The molecule has 2 aliphatic heterocycles. The van der Waals surface area contributed by atoms with E-state index in [-0.39, 0.29) is 5.91 Å². The fourth-order valence-electron chi connectivity index (χ4n) is 4.09. The number of likely N-dealkylation sites (tertiary alicyclic amines) is 1. The van der Waals surface area contributed by atoms with Gasteiger partial charge in [-0.15, -0.1) is 15.3 Å². The zero-order valence-corrected chi connectivity index (χ0v) is 17.4. The maximum atomic E-state index is 12.7. The zero-order chi connectivity index (χ0) is 20.5. The van der Waals surface area contributed by atoms with E-state index in [1.54, 1.807) is 23.1 Å². The summed E-state index contributed by atoms with van der Waals surface area (Å²) in [7, 11) is 0. The first-order valence-corrected chi connectivity index (χ1v) is 10.7. The molecule has 0 saturated carbocycles. The predicted octanol–water partition coefficient (Wildman–Crippen LogP) is 2.13. The molecular weight excluding hydrogens is 404 g/mol. The Kier molecular flexibility index (Phi) is 5.12. The Morgan fingerprint density at radius 1 is 0.967 bits per heavy atom. The summed E-state index contributed by atoms with van der Waals surface area (Å²) in [6, 6.07) is 5.64. The molecular formula is C20H23ClN8O. The average molecular weight is 427 g/mol. The number of hydrogen-bond donors (Lipinski definition) is 0. The van der Waals surface area contributed by atoms with Gasteiger partial charge in [0.25, 0.3) is 5.91 Å². The van der Waals surface area contributed by atoms with Crippen LogP contribution in [-0.4, -0.2) is 74.9 Å². The van der Waals surface area contributed by atoms with Gasteiger partial charge in [-0.3, -0.25) is 4.79 Å². The molecule has 0 aliphatic carbocycles. The van der Waals surface area contributed by atoms with Gasteiger partial charge in [-0.25, -0.2) is 4.98 Å². The third kappa shape index (κ3) is 3.65. The highest BCUT2D eigenvalue weighted by Crippen LogP contribution is 2.27. The van der Waals surface area contributed by atoms with Gasteiger partial charge >= 0.3 is 0 Å². The summed E-state index contributed by atoms with van der Waals surface area (Å²) in [6.45, 7) is 4.77. The first kappa shape index (κ1) is 19.0. The van der Waals surface area contributed by atoms with Crippen molar-refractivity contribution in [3.63, 3.8) is 0 Å². The standard InChI is InChI=1S/C20H23ClN8O/c21-16-12-15(20(30)28-6-2-1-3-7-28)13-22-19(16)27-10-8-26(9-11-27)18-5-4-17-24-23-14-29(17)25-18/h4-5,12-14H,1-3,6-11H2. The summed E-state index contributed by atoms with van der Waals surface area (Å²) in [5.74, 6) is 1.65. The number of pyridine rings is 1. The Morgan fingerprint density at radius 3 is 2.50 bits per heavy atom. The number of hydrogen-bond acceptors (Lipinski definition) is 7. The third-order valence-electron chi connectivity index (χ3n) is 5.76. The van der Waals surface area contributed by atoms with Gasteiger partial charge in [-0.05, 0) is 37.5 Å². The highest BCUT2D eigenvalue weighted by Gasteiger charge is 2.24. The number of carbonyl (C=O) groups is 1. The van der Waals surface area contributed by atoms with Crippen LogP contribution in [0.1, 0.15) is 29.6 Å². The summed E-state index contributed by atoms with van der Waals surface area (Å²) in [6.07, 6.45) is 6.58. The lowest BCUT2D eigenvalue weighted by atomic mass is 10.1. The lowest BCUT2D eigenvalue weighted by Crippen LogP contribution is -2.47. The molecule has 0 bridgehead atoms. The minimum atomic E-state index is 0.0240. The predicted molar refractivity (Wildman–Crippen MR) is 114 cm³/mol. The minimum Gasteiger partial charge on any atom is -0.352 e. The van der Waals surface area contributed by atoms with Gasteiger partial charge in [-0.1, -0.05) is 11.6 Å². The quantitative estimate of drug-likeness (QED) is 0.634. The van der Waals surface area contributed by atoms with E-state index in [1.165, 1.54) is 6.42 Å². The van der Waals surface area contributed by atoms with Crippen LogP contribution < -0.4 is 9.80 Å². The molecule has 0 spiro atoms. The van der Waals surface area contributed by atoms with E-state index >= 15 is 0 Å². The molecule has 0 atom stereocenters. The number of rotatable bonds is 3. The number of halogens is 1. The average Bonchev–Trinajstić information content (AvgIpc) is 3.27. The highest BCUT2D eigenvalue weighted by molar-refractivity contribution is 6.33. The van der Waals surface area contributed by atoms with Gasteiger partial charge in [0.15, 0.2) is 5.65 Å². The zero-order valence-electron chi connectivity index (χ0n) is 16.6. The Balaban J connectivity index is 1.26. The van der Waals surface area contributed by atoms with Gasteiger partial charge < -0.3 is 14.7 Å². The highest BCUT2D eigenvalue weighted by atomic mass is 35.5. The van der Waals surface area contributed by atoms with Crippen LogP contribution in [-0.2, 0) is 0 Å². The number of amides is 1. The lowest BCUT2D eigenvalue weighted by Gasteiger charge is -2.36. The van der Waals surface area contributed by atoms with Crippen molar-refractivity contribution in [2.75, 3.05) is 49.1 Å². The summed E-state index contributed by atoms with van der Waals surface area (Å²) in [5.41, 5.74) is 1.29. The maximum absolute atomic E-state index is 12.7. The van der Waals surface area contributed by atoms with E-state index in [0.29, 0.717) is 10.6 Å². The summed E-state index contributed by atoms with van der Waals surface area (Å²) in [4.78, 5) is 23.5. The minimum absolute atomic E-state index is 0.0240. The smallest absolute Gasteiger partial charge is 0.255 e. The van der Waals surface area contributed by atoms with Crippen LogP contribution in [0.3, 0.4) is 0 Å². The molecule has 2 fully saturated rings. The Bertz CT molecular complexity index is 1060. The van der Waals surface area contributed by atoms with Crippen molar-refractivity contribution in [1.29, 1.82) is 0 Å². The second-order valence-corrected chi connectivity index (χ2v) is 8.09. The van der Waals surface area contributed by atoms with Crippen molar-refractivity contribution < 1.29 is 4.79 Å². The molecule has 156 valence electrons. The van der Waals surface area contributed by atoms with Gasteiger partial charge in [0, 0.05) is 45.5 Å². The maximum Gasteiger partial charge on any atom is 0.255 e. The molecule has 30 heavy (non-hydrogen) atoms. The van der Waals surface area contributed by atoms with Crippen molar-refractivity contribution in [3.05, 3.63) is 41.3 Å². The van der Waals surface area contributed by atoms with Crippen LogP contribution >= 0.6 is 11.6 Å². The SMILES string of the molecule is O=C(c1cnc(N2CCN(c3ccc4nncn4n3)CC2)c(Cl)c1)N1CCCCC1. The van der Waals surface area contributed by atoms with E-state index in [2.05, 4.69) is 30.1 Å². The van der Waals surface area contributed by atoms with E-state index < -0.39 is 0 Å². The largest absolute Gasteiger partial charge is 0.352 e. The molecule has 0 radical (unpaired) electrons. The molecule has 0 unspecified atom stereocenters. The second-order valence-electron chi connectivity index (χ2n) is 7.68. The molecule has 0 aromatic carbocycles. The first-order valence-electron chi connectivity index (χ1n) is 10.3. The van der Waals surface area contributed by atoms with Crippen molar-refractivity contribution in [2.24, 2.45) is 0 Å². The summed E-state index contributed by atoms with van der Waals surface area (Å²) in [5, 5.41) is 12.9. The van der Waals surface area contributed by atoms with Crippen LogP contribution in [0, 0.1) is 0 Å². The van der Waals surface area contributed by atoms with Crippen LogP contribution in [0.25, 0.3) is 5.65 Å². The van der Waals surface area contributed by atoms with Gasteiger partial charge in [0.05, 0.1) is 10.6 Å². The van der Waals surface area contributed by atoms with Crippen molar-refractivity contribution in [3.8, 4) is 0 Å². The van der Waals surface area contributed by atoms with Crippen LogP contribution in [0.5, 0.6) is 0 Å². The first-order chi connectivity index (χ1) is 14.7.